The highest BCUT2D eigenvalue weighted by atomic mass is 32.2. The largest absolute Gasteiger partial charge is 0.325 e. The summed E-state index contributed by atoms with van der Waals surface area (Å²) in [6, 6.07) is 22.6. The molecule has 0 aliphatic carbocycles. The first kappa shape index (κ1) is 21.8. The summed E-state index contributed by atoms with van der Waals surface area (Å²) in [5.74, 6) is -0.104. The number of hydrogen-bond acceptors (Lipinski definition) is 4. The number of carbonyl (C=O) groups excluding carboxylic acids is 1. The SMILES string of the molecule is CCC(Sc1nc2ccccc2c(=O)n1-c1ccccc1)C(=O)Nc1cccc(C)c1C. The Labute approximate surface area is 191 Å². The van der Waals surface area contributed by atoms with Crippen molar-refractivity contribution in [3.05, 3.63) is 94.3 Å². The van der Waals surface area contributed by atoms with Crippen LogP contribution in [0.2, 0.25) is 0 Å². The Morgan fingerprint density at radius 1 is 1.00 bits per heavy atom. The molecule has 1 amide bonds. The zero-order valence-electron chi connectivity index (χ0n) is 18.3. The summed E-state index contributed by atoms with van der Waals surface area (Å²) in [4.78, 5) is 31.3. The van der Waals surface area contributed by atoms with Crippen molar-refractivity contribution >= 4 is 34.3 Å². The number of para-hydroxylation sites is 2. The maximum absolute atomic E-state index is 13.4. The van der Waals surface area contributed by atoms with E-state index in [2.05, 4.69) is 5.32 Å². The lowest BCUT2D eigenvalue weighted by atomic mass is 10.1. The Morgan fingerprint density at radius 3 is 2.47 bits per heavy atom. The van der Waals surface area contributed by atoms with Crippen molar-refractivity contribution in [3.8, 4) is 5.69 Å². The van der Waals surface area contributed by atoms with Gasteiger partial charge in [-0.15, -0.1) is 0 Å². The van der Waals surface area contributed by atoms with E-state index in [0.29, 0.717) is 22.5 Å². The van der Waals surface area contributed by atoms with Crippen LogP contribution < -0.4 is 10.9 Å². The van der Waals surface area contributed by atoms with E-state index in [4.69, 9.17) is 4.98 Å². The number of benzene rings is 3. The average molecular weight is 444 g/mol. The monoisotopic (exact) mass is 443 g/mol. The number of nitrogens with zero attached hydrogens (tertiary/aromatic N) is 2. The van der Waals surface area contributed by atoms with Gasteiger partial charge >= 0.3 is 0 Å². The van der Waals surface area contributed by atoms with Crippen LogP contribution in [0.15, 0.2) is 82.7 Å². The van der Waals surface area contributed by atoms with Gasteiger partial charge in [-0.1, -0.05) is 61.2 Å². The summed E-state index contributed by atoms with van der Waals surface area (Å²) >= 11 is 1.32. The molecule has 0 aliphatic rings. The number of hydrogen-bond donors (Lipinski definition) is 1. The van der Waals surface area contributed by atoms with Crippen molar-refractivity contribution in [1.29, 1.82) is 0 Å². The lowest BCUT2D eigenvalue weighted by molar-refractivity contribution is -0.115. The van der Waals surface area contributed by atoms with E-state index in [1.54, 1.807) is 10.6 Å². The third kappa shape index (κ3) is 4.32. The third-order valence-corrected chi connectivity index (χ3v) is 6.85. The molecule has 1 unspecified atom stereocenters. The second kappa shape index (κ2) is 9.40. The highest BCUT2D eigenvalue weighted by Gasteiger charge is 2.23. The van der Waals surface area contributed by atoms with E-state index < -0.39 is 5.25 Å². The van der Waals surface area contributed by atoms with Crippen LogP contribution >= 0.6 is 11.8 Å². The summed E-state index contributed by atoms with van der Waals surface area (Å²) in [5.41, 5.74) is 4.18. The Hall–Kier alpha value is -3.38. The second-order valence-corrected chi connectivity index (χ2v) is 8.81. The van der Waals surface area contributed by atoms with Crippen LogP contribution in [0.3, 0.4) is 0 Å². The fourth-order valence-electron chi connectivity index (χ4n) is 3.55. The van der Waals surface area contributed by atoms with Gasteiger partial charge in [-0.25, -0.2) is 4.98 Å². The topological polar surface area (TPSA) is 64.0 Å². The van der Waals surface area contributed by atoms with E-state index in [9.17, 15) is 9.59 Å². The Bertz CT molecular complexity index is 1330. The number of rotatable bonds is 6. The standard InChI is InChI=1S/C26H25N3O2S/c1-4-23(24(30)27-21-16-10-11-17(2)18(21)3)32-26-28-22-15-9-8-14-20(22)25(31)29(26)19-12-6-5-7-13-19/h5-16,23H,4H2,1-3H3,(H,27,30). The molecule has 0 radical (unpaired) electrons. The molecule has 162 valence electrons. The molecule has 1 N–H and O–H groups in total. The number of aromatic nitrogens is 2. The minimum Gasteiger partial charge on any atom is -0.325 e. The molecule has 5 nitrogen and oxygen atoms in total. The fraction of sp³-hybridized carbons (Fsp3) is 0.192. The first-order valence-electron chi connectivity index (χ1n) is 10.6. The summed E-state index contributed by atoms with van der Waals surface area (Å²) in [7, 11) is 0. The van der Waals surface area contributed by atoms with Crippen LogP contribution in [-0.2, 0) is 4.79 Å². The molecule has 0 spiro atoms. The van der Waals surface area contributed by atoms with E-state index >= 15 is 0 Å². The molecular formula is C26H25N3O2S. The lowest BCUT2D eigenvalue weighted by Crippen LogP contribution is -2.28. The van der Waals surface area contributed by atoms with Gasteiger partial charge in [-0.05, 0) is 61.7 Å². The normalized spacial score (nSPS) is 12.0. The molecule has 1 heterocycles. The number of nitrogens with one attached hydrogen (secondary N) is 1. The highest BCUT2D eigenvalue weighted by Crippen LogP contribution is 2.28. The van der Waals surface area contributed by atoms with Crippen LogP contribution in [0.25, 0.3) is 16.6 Å². The molecule has 4 rings (SSSR count). The van der Waals surface area contributed by atoms with E-state index in [-0.39, 0.29) is 11.5 Å². The first-order chi connectivity index (χ1) is 15.5. The summed E-state index contributed by atoms with van der Waals surface area (Å²) < 4.78 is 1.60. The van der Waals surface area contributed by atoms with E-state index in [1.807, 2.05) is 87.5 Å². The minimum atomic E-state index is -0.405. The van der Waals surface area contributed by atoms with Gasteiger partial charge in [0, 0.05) is 5.69 Å². The minimum absolute atomic E-state index is 0.104. The van der Waals surface area contributed by atoms with Gasteiger partial charge in [0.15, 0.2) is 5.16 Å². The molecule has 3 aromatic carbocycles. The maximum atomic E-state index is 13.4. The number of thioether (sulfide) groups is 1. The lowest BCUT2D eigenvalue weighted by Gasteiger charge is -2.19. The number of fused-ring (bicyclic) bond motifs is 1. The maximum Gasteiger partial charge on any atom is 0.266 e. The van der Waals surface area contributed by atoms with Crippen LogP contribution in [0.5, 0.6) is 0 Å². The van der Waals surface area contributed by atoms with Gasteiger partial charge in [0.05, 0.1) is 21.8 Å². The zero-order valence-corrected chi connectivity index (χ0v) is 19.1. The van der Waals surface area contributed by atoms with Crippen molar-refractivity contribution in [2.24, 2.45) is 0 Å². The van der Waals surface area contributed by atoms with Gasteiger partial charge in [-0.2, -0.15) is 0 Å². The molecule has 0 bridgehead atoms. The second-order valence-electron chi connectivity index (χ2n) is 7.64. The Balaban J connectivity index is 1.74. The van der Waals surface area contributed by atoms with Crippen molar-refractivity contribution in [3.63, 3.8) is 0 Å². The summed E-state index contributed by atoms with van der Waals surface area (Å²) in [5, 5.41) is 3.71. The van der Waals surface area contributed by atoms with Gasteiger partial charge < -0.3 is 5.32 Å². The molecule has 0 saturated heterocycles. The Kier molecular flexibility index (Phi) is 6.42. The smallest absolute Gasteiger partial charge is 0.266 e. The number of amides is 1. The molecule has 1 atom stereocenters. The molecule has 4 aromatic rings. The van der Waals surface area contributed by atoms with Crippen molar-refractivity contribution in [2.75, 3.05) is 5.32 Å². The molecule has 1 aromatic heterocycles. The average Bonchev–Trinajstić information content (AvgIpc) is 2.81. The van der Waals surface area contributed by atoms with Crippen LogP contribution in [-0.4, -0.2) is 20.7 Å². The van der Waals surface area contributed by atoms with E-state index in [1.165, 1.54) is 11.8 Å². The van der Waals surface area contributed by atoms with E-state index in [0.717, 1.165) is 22.5 Å². The third-order valence-electron chi connectivity index (χ3n) is 5.53. The molecule has 6 heteroatoms. The predicted octanol–water partition coefficient (Wildman–Crippen LogP) is 5.51. The number of carbonyl (C=O) groups is 1. The van der Waals surface area contributed by atoms with Crippen molar-refractivity contribution in [2.45, 2.75) is 37.6 Å². The molecular weight excluding hydrogens is 418 g/mol. The molecule has 32 heavy (non-hydrogen) atoms. The van der Waals surface area contributed by atoms with Crippen LogP contribution in [0, 0.1) is 13.8 Å². The molecule has 0 saturated carbocycles. The predicted molar refractivity (Wildman–Crippen MR) is 132 cm³/mol. The molecule has 0 fully saturated rings. The van der Waals surface area contributed by atoms with Gasteiger partial charge in [0.2, 0.25) is 5.91 Å². The van der Waals surface area contributed by atoms with Gasteiger partial charge in [0.25, 0.3) is 5.56 Å². The van der Waals surface area contributed by atoms with Gasteiger partial charge in [-0.3, -0.25) is 14.2 Å². The fourth-order valence-corrected chi connectivity index (χ4v) is 4.58. The van der Waals surface area contributed by atoms with Crippen molar-refractivity contribution < 1.29 is 4.79 Å². The zero-order chi connectivity index (χ0) is 22.7. The first-order valence-corrected chi connectivity index (χ1v) is 11.5. The summed E-state index contributed by atoms with van der Waals surface area (Å²) in [6.45, 7) is 5.98. The summed E-state index contributed by atoms with van der Waals surface area (Å²) in [6.07, 6.45) is 0.596. The van der Waals surface area contributed by atoms with Crippen LogP contribution in [0.1, 0.15) is 24.5 Å². The highest BCUT2D eigenvalue weighted by molar-refractivity contribution is 8.00. The number of anilines is 1. The molecule has 0 aliphatic heterocycles. The van der Waals surface area contributed by atoms with Gasteiger partial charge in [0.1, 0.15) is 0 Å². The van der Waals surface area contributed by atoms with Crippen LogP contribution in [0.4, 0.5) is 5.69 Å². The quantitative estimate of drug-likeness (QED) is 0.315. The number of aryl methyl sites for hydroxylation is 1. The Morgan fingerprint density at radius 2 is 1.72 bits per heavy atom. The van der Waals surface area contributed by atoms with Crippen molar-refractivity contribution in [1.82, 2.24) is 9.55 Å².